The van der Waals surface area contributed by atoms with E-state index in [2.05, 4.69) is 0 Å². The van der Waals surface area contributed by atoms with E-state index in [0.29, 0.717) is 13.2 Å². The molecule has 4 nitrogen and oxygen atoms in total. The molecule has 0 saturated carbocycles. The highest BCUT2D eigenvalue weighted by Crippen LogP contribution is 2.23. The lowest BCUT2D eigenvalue weighted by molar-refractivity contribution is 0.0156. The molecule has 116 valence electrons. The van der Waals surface area contributed by atoms with Gasteiger partial charge in [-0.05, 0) is 39.7 Å². The van der Waals surface area contributed by atoms with E-state index < -0.39 is 5.60 Å². The molecule has 1 fully saturated rings. The molecule has 1 amide bonds. The number of hydrogen-bond donors (Lipinski definition) is 0. The van der Waals surface area contributed by atoms with E-state index in [1.54, 1.807) is 4.90 Å². The zero-order valence-corrected chi connectivity index (χ0v) is 13.3. The Hall–Kier alpha value is -1.55. The molecule has 1 aromatic carbocycles. The average molecular weight is 291 g/mol. The van der Waals surface area contributed by atoms with Crippen molar-refractivity contribution in [3.05, 3.63) is 35.9 Å². The maximum Gasteiger partial charge on any atom is 0.410 e. The largest absolute Gasteiger partial charge is 0.444 e. The minimum Gasteiger partial charge on any atom is -0.444 e. The zero-order valence-electron chi connectivity index (χ0n) is 13.3. The molecule has 1 heterocycles. The highest BCUT2D eigenvalue weighted by Gasteiger charge is 2.35. The van der Waals surface area contributed by atoms with Gasteiger partial charge in [-0.1, -0.05) is 30.3 Å². The first kappa shape index (κ1) is 15.8. The fourth-order valence-electron chi connectivity index (χ4n) is 2.47. The molecule has 0 N–H and O–H groups in total. The van der Waals surface area contributed by atoms with Crippen LogP contribution in [0, 0.1) is 0 Å². The standard InChI is InChI=1S/C17H25NO3/c1-13-10-15(20-12-14-8-6-5-7-9-14)11-18(13)16(19)21-17(2,3)4/h5-9,13,15H,10-12H2,1-4H3. The Morgan fingerprint density at radius 1 is 1.29 bits per heavy atom. The van der Waals surface area contributed by atoms with Gasteiger partial charge in [0.05, 0.1) is 19.3 Å². The topological polar surface area (TPSA) is 38.8 Å². The van der Waals surface area contributed by atoms with Crippen molar-refractivity contribution in [1.82, 2.24) is 4.90 Å². The Morgan fingerprint density at radius 3 is 2.57 bits per heavy atom. The van der Waals surface area contributed by atoms with Crippen LogP contribution in [0.25, 0.3) is 0 Å². The first-order valence-electron chi connectivity index (χ1n) is 7.50. The number of benzene rings is 1. The normalized spacial score (nSPS) is 22.4. The van der Waals surface area contributed by atoms with Gasteiger partial charge >= 0.3 is 6.09 Å². The summed E-state index contributed by atoms with van der Waals surface area (Å²) in [5.74, 6) is 0. The molecule has 4 heteroatoms. The number of carbonyl (C=O) groups excluding carboxylic acids is 1. The van der Waals surface area contributed by atoms with Crippen LogP contribution < -0.4 is 0 Å². The first-order chi connectivity index (χ1) is 9.85. The maximum absolute atomic E-state index is 12.1. The molecule has 1 aromatic rings. The molecular formula is C17H25NO3. The van der Waals surface area contributed by atoms with E-state index in [1.165, 1.54) is 0 Å². The van der Waals surface area contributed by atoms with Crippen LogP contribution in [0.5, 0.6) is 0 Å². The van der Waals surface area contributed by atoms with Crippen molar-refractivity contribution >= 4 is 6.09 Å². The molecule has 2 rings (SSSR count). The number of likely N-dealkylation sites (tertiary alicyclic amines) is 1. The average Bonchev–Trinajstić information content (AvgIpc) is 2.77. The molecule has 0 aliphatic carbocycles. The van der Waals surface area contributed by atoms with E-state index in [-0.39, 0.29) is 18.2 Å². The first-order valence-corrected chi connectivity index (χ1v) is 7.50. The Bertz CT molecular complexity index is 467. The number of rotatable bonds is 3. The van der Waals surface area contributed by atoms with Crippen LogP contribution in [-0.2, 0) is 16.1 Å². The second-order valence-corrected chi connectivity index (χ2v) is 6.64. The molecule has 1 aliphatic heterocycles. The minimum absolute atomic E-state index is 0.0766. The van der Waals surface area contributed by atoms with E-state index in [0.717, 1.165) is 12.0 Å². The Morgan fingerprint density at radius 2 is 1.95 bits per heavy atom. The highest BCUT2D eigenvalue weighted by molar-refractivity contribution is 5.69. The van der Waals surface area contributed by atoms with E-state index in [4.69, 9.17) is 9.47 Å². The van der Waals surface area contributed by atoms with Gasteiger partial charge < -0.3 is 14.4 Å². The lowest BCUT2D eigenvalue weighted by atomic mass is 10.2. The van der Waals surface area contributed by atoms with Crippen molar-refractivity contribution in [2.75, 3.05) is 6.54 Å². The van der Waals surface area contributed by atoms with Crippen LogP contribution in [0.2, 0.25) is 0 Å². The predicted molar refractivity (Wildman–Crippen MR) is 82.0 cm³/mol. The van der Waals surface area contributed by atoms with Crippen molar-refractivity contribution in [2.24, 2.45) is 0 Å². The molecule has 0 radical (unpaired) electrons. The van der Waals surface area contributed by atoms with Gasteiger partial charge in [-0.25, -0.2) is 4.79 Å². The smallest absolute Gasteiger partial charge is 0.410 e. The van der Waals surface area contributed by atoms with Crippen LogP contribution in [-0.4, -0.2) is 35.3 Å². The van der Waals surface area contributed by atoms with Gasteiger partial charge in [0.2, 0.25) is 0 Å². The van der Waals surface area contributed by atoms with E-state index >= 15 is 0 Å². The summed E-state index contributed by atoms with van der Waals surface area (Å²) in [6, 6.07) is 10.2. The van der Waals surface area contributed by atoms with E-state index in [1.807, 2.05) is 58.0 Å². The second-order valence-electron chi connectivity index (χ2n) is 6.64. The lowest BCUT2D eigenvalue weighted by Crippen LogP contribution is -2.39. The second kappa shape index (κ2) is 6.48. The maximum atomic E-state index is 12.1. The summed E-state index contributed by atoms with van der Waals surface area (Å²) >= 11 is 0. The summed E-state index contributed by atoms with van der Waals surface area (Å²) in [6.45, 7) is 8.87. The van der Waals surface area contributed by atoms with Crippen molar-refractivity contribution < 1.29 is 14.3 Å². The lowest BCUT2D eigenvalue weighted by Gasteiger charge is -2.26. The van der Waals surface area contributed by atoms with Crippen molar-refractivity contribution in [3.63, 3.8) is 0 Å². The van der Waals surface area contributed by atoms with Gasteiger partial charge in [0.25, 0.3) is 0 Å². The SMILES string of the molecule is CC1CC(OCc2ccccc2)CN1C(=O)OC(C)(C)C. The molecule has 2 unspecified atom stereocenters. The van der Waals surface area contributed by atoms with Crippen LogP contribution in [0.4, 0.5) is 4.79 Å². The van der Waals surface area contributed by atoms with Crippen molar-refractivity contribution in [1.29, 1.82) is 0 Å². The van der Waals surface area contributed by atoms with E-state index in [9.17, 15) is 4.79 Å². The molecule has 0 bridgehead atoms. The van der Waals surface area contributed by atoms with Gasteiger partial charge in [0.15, 0.2) is 0 Å². The van der Waals surface area contributed by atoms with Gasteiger partial charge in [0, 0.05) is 6.04 Å². The summed E-state index contributed by atoms with van der Waals surface area (Å²) < 4.78 is 11.4. The number of carbonyl (C=O) groups is 1. The summed E-state index contributed by atoms with van der Waals surface area (Å²) in [6.07, 6.45) is 0.681. The number of nitrogens with zero attached hydrogens (tertiary/aromatic N) is 1. The molecule has 21 heavy (non-hydrogen) atoms. The van der Waals surface area contributed by atoms with Gasteiger partial charge in [0.1, 0.15) is 5.60 Å². The summed E-state index contributed by atoms with van der Waals surface area (Å²) in [5, 5.41) is 0. The Balaban J connectivity index is 1.85. The Kier molecular flexibility index (Phi) is 4.88. The monoisotopic (exact) mass is 291 g/mol. The fourth-order valence-corrected chi connectivity index (χ4v) is 2.47. The molecule has 1 aliphatic rings. The highest BCUT2D eigenvalue weighted by atomic mass is 16.6. The van der Waals surface area contributed by atoms with Crippen LogP contribution >= 0.6 is 0 Å². The summed E-state index contributed by atoms with van der Waals surface area (Å²) in [4.78, 5) is 13.9. The van der Waals surface area contributed by atoms with Crippen LogP contribution in [0.1, 0.15) is 39.7 Å². The fraction of sp³-hybridized carbons (Fsp3) is 0.588. The zero-order chi connectivity index (χ0) is 15.5. The third kappa shape index (κ3) is 4.74. The van der Waals surface area contributed by atoms with Crippen molar-refractivity contribution in [3.8, 4) is 0 Å². The minimum atomic E-state index is -0.459. The third-order valence-corrected chi connectivity index (χ3v) is 3.49. The number of ether oxygens (including phenoxy) is 2. The molecule has 1 saturated heterocycles. The van der Waals surface area contributed by atoms with Crippen LogP contribution in [0.3, 0.4) is 0 Å². The number of hydrogen-bond acceptors (Lipinski definition) is 3. The Labute approximate surface area is 127 Å². The predicted octanol–water partition coefficient (Wildman–Crippen LogP) is 3.60. The van der Waals surface area contributed by atoms with Crippen molar-refractivity contribution in [2.45, 2.75) is 58.5 Å². The van der Waals surface area contributed by atoms with Gasteiger partial charge in [-0.2, -0.15) is 0 Å². The molecule has 2 atom stereocenters. The quantitative estimate of drug-likeness (QED) is 0.854. The third-order valence-electron chi connectivity index (χ3n) is 3.49. The van der Waals surface area contributed by atoms with Gasteiger partial charge in [-0.3, -0.25) is 0 Å². The number of amides is 1. The molecular weight excluding hydrogens is 266 g/mol. The summed E-state index contributed by atoms with van der Waals surface area (Å²) in [7, 11) is 0. The van der Waals surface area contributed by atoms with Crippen LogP contribution in [0.15, 0.2) is 30.3 Å². The van der Waals surface area contributed by atoms with Gasteiger partial charge in [-0.15, -0.1) is 0 Å². The summed E-state index contributed by atoms with van der Waals surface area (Å²) in [5.41, 5.74) is 0.695. The molecule has 0 spiro atoms. The molecule has 0 aromatic heterocycles.